The molecule has 0 radical (unpaired) electrons. The van der Waals surface area contributed by atoms with Crippen LogP contribution in [0.1, 0.15) is 6.23 Å². The van der Waals surface area contributed by atoms with Gasteiger partial charge in [0.25, 0.3) is 0 Å². The van der Waals surface area contributed by atoms with Crippen LogP contribution in [0.25, 0.3) is 11.2 Å². The summed E-state index contributed by atoms with van der Waals surface area (Å²) in [6.45, 7) is 0.546. The number of nitrogens with two attached hydrogens (primary N) is 1. The molecule has 0 aromatic carbocycles. The summed E-state index contributed by atoms with van der Waals surface area (Å²) < 4.78 is 7.34. The summed E-state index contributed by atoms with van der Waals surface area (Å²) in [7, 11) is 0. The van der Waals surface area contributed by atoms with Crippen molar-refractivity contribution in [1.29, 1.82) is 0 Å². The molecule has 1 aliphatic heterocycles. The molecule has 136 valence electrons. The fraction of sp³-hybridized carbons (Fsp3) is 0.500. The summed E-state index contributed by atoms with van der Waals surface area (Å²) in [5.41, 5.74) is 6.31. The van der Waals surface area contributed by atoms with Gasteiger partial charge in [-0.15, -0.1) is 0 Å². The first kappa shape index (κ1) is 17.9. The monoisotopic (exact) mass is 368 g/mol. The van der Waals surface area contributed by atoms with Crippen molar-refractivity contribution in [2.45, 2.75) is 24.5 Å². The molecule has 0 saturated carbocycles. The minimum atomic E-state index is -1.21. The Kier molecular flexibility index (Phi) is 5.42. The summed E-state index contributed by atoms with van der Waals surface area (Å²) in [6.07, 6.45) is 0.911. The molecular formula is C14H20N6O4S. The highest BCUT2D eigenvalue weighted by Crippen LogP contribution is 2.31. The molecule has 1 fully saturated rings. The Morgan fingerprint density at radius 3 is 2.88 bits per heavy atom. The van der Waals surface area contributed by atoms with E-state index in [1.165, 1.54) is 10.9 Å². The smallest absolute Gasteiger partial charge is 0.203 e. The fourth-order valence-corrected chi connectivity index (χ4v) is 2.90. The van der Waals surface area contributed by atoms with Gasteiger partial charge in [-0.25, -0.2) is 9.97 Å². The minimum absolute atomic E-state index is 0.282. The highest BCUT2D eigenvalue weighted by Gasteiger charge is 2.43. The number of fused-ring (bicyclic) bond motifs is 1. The van der Waals surface area contributed by atoms with Gasteiger partial charge in [0.1, 0.15) is 29.5 Å². The van der Waals surface area contributed by atoms with Gasteiger partial charge in [-0.05, 0) is 0 Å². The molecule has 7 N–H and O–H groups in total. The molecule has 0 amide bonds. The highest BCUT2D eigenvalue weighted by molar-refractivity contribution is 7.71. The van der Waals surface area contributed by atoms with E-state index in [0.717, 1.165) is 0 Å². The highest BCUT2D eigenvalue weighted by atomic mass is 32.1. The maximum absolute atomic E-state index is 10.2. The SMILES string of the molecule is NC/C=C/CNc1nc(=S)c2ncn([C@@H]3O[C@H](CO)[C@@H](O)[C@H]3O)c2[nH]1. The van der Waals surface area contributed by atoms with Crippen LogP contribution in [0.5, 0.6) is 0 Å². The van der Waals surface area contributed by atoms with Crippen LogP contribution < -0.4 is 11.1 Å². The predicted molar refractivity (Wildman–Crippen MR) is 92.4 cm³/mol. The van der Waals surface area contributed by atoms with Crippen LogP contribution in [0.3, 0.4) is 0 Å². The Balaban J connectivity index is 1.93. The first-order valence-corrected chi connectivity index (χ1v) is 8.16. The van der Waals surface area contributed by atoms with Crippen LogP contribution in [-0.2, 0) is 4.74 Å². The summed E-state index contributed by atoms with van der Waals surface area (Å²) >= 11 is 5.25. The number of H-pyrrole nitrogens is 1. The molecule has 3 heterocycles. The van der Waals surface area contributed by atoms with Crippen LogP contribution in [0, 0.1) is 4.64 Å². The number of hydrogen-bond donors (Lipinski definition) is 6. The number of hydrogen-bond acceptors (Lipinski definition) is 9. The zero-order valence-electron chi connectivity index (χ0n) is 13.2. The first-order chi connectivity index (χ1) is 12.1. The molecule has 1 aliphatic rings. The number of aromatic nitrogens is 4. The third kappa shape index (κ3) is 3.42. The average Bonchev–Trinajstić information content (AvgIpc) is 3.14. The summed E-state index contributed by atoms with van der Waals surface area (Å²) in [6, 6.07) is 0. The summed E-state index contributed by atoms with van der Waals surface area (Å²) in [5.74, 6) is 0.424. The van der Waals surface area contributed by atoms with E-state index in [1.54, 1.807) is 0 Å². The maximum Gasteiger partial charge on any atom is 0.203 e. The minimum Gasteiger partial charge on any atom is -0.394 e. The number of rotatable bonds is 6. The number of anilines is 1. The Hall–Kier alpha value is -1.89. The van der Waals surface area contributed by atoms with Crippen LogP contribution in [0.4, 0.5) is 5.95 Å². The van der Waals surface area contributed by atoms with Gasteiger partial charge in [0.2, 0.25) is 5.95 Å². The quantitative estimate of drug-likeness (QED) is 0.279. The van der Waals surface area contributed by atoms with Gasteiger partial charge < -0.3 is 36.1 Å². The topological polar surface area (TPSA) is 154 Å². The normalized spacial score (nSPS) is 26.7. The van der Waals surface area contributed by atoms with Crippen LogP contribution in [0.15, 0.2) is 18.5 Å². The van der Waals surface area contributed by atoms with Crippen molar-refractivity contribution >= 4 is 29.3 Å². The number of aliphatic hydroxyl groups is 3. The van der Waals surface area contributed by atoms with E-state index in [1.807, 2.05) is 12.2 Å². The molecule has 4 atom stereocenters. The lowest BCUT2D eigenvalue weighted by atomic mass is 10.1. The van der Waals surface area contributed by atoms with Crippen molar-refractivity contribution in [3.63, 3.8) is 0 Å². The van der Waals surface area contributed by atoms with E-state index < -0.39 is 31.1 Å². The van der Waals surface area contributed by atoms with E-state index in [2.05, 4.69) is 20.3 Å². The Bertz CT molecular complexity index is 821. The van der Waals surface area contributed by atoms with E-state index in [-0.39, 0.29) is 4.64 Å². The van der Waals surface area contributed by atoms with Crippen molar-refractivity contribution in [2.24, 2.45) is 5.73 Å². The zero-order valence-corrected chi connectivity index (χ0v) is 14.1. The number of ether oxygens (including phenoxy) is 1. The van der Waals surface area contributed by atoms with Crippen molar-refractivity contribution in [3.05, 3.63) is 23.1 Å². The fourth-order valence-electron chi connectivity index (χ4n) is 2.66. The molecule has 0 unspecified atom stereocenters. The lowest BCUT2D eigenvalue weighted by Gasteiger charge is -2.17. The molecule has 0 bridgehead atoms. The van der Waals surface area contributed by atoms with E-state index in [9.17, 15) is 15.3 Å². The van der Waals surface area contributed by atoms with Gasteiger partial charge in [0.05, 0.1) is 12.9 Å². The Morgan fingerprint density at radius 1 is 1.40 bits per heavy atom. The van der Waals surface area contributed by atoms with Crippen molar-refractivity contribution in [1.82, 2.24) is 19.5 Å². The maximum atomic E-state index is 10.2. The number of imidazole rings is 1. The van der Waals surface area contributed by atoms with Crippen molar-refractivity contribution < 1.29 is 20.1 Å². The molecule has 11 heteroatoms. The van der Waals surface area contributed by atoms with Crippen molar-refractivity contribution in [2.75, 3.05) is 25.0 Å². The van der Waals surface area contributed by atoms with E-state index >= 15 is 0 Å². The van der Waals surface area contributed by atoms with Gasteiger partial charge in [0, 0.05) is 13.1 Å². The number of aliphatic hydroxyl groups excluding tert-OH is 3. The predicted octanol–water partition coefficient (Wildman–Crippen LogP) is -0.973. The second-order valence-corrected chi connectivity index (χ2v) is 5.94. The number of nitrogens with zero attached hydrogens (tertiary/aromatic N) is 3. The molecule has 25 heavy (non-hydrogen) atoms. The lowest BCUT2D eigenvalue weighted by Crippen LogP contribution is -2.33. The van der Waals surface area contributed by atoms with Gasteiger partial charge in [-0.2, -0.15) is 0 Å². The summed E-state index contributed by atoms with van der Waals surface area (Å²) in [5, 5.41) is 32.4. The largest absolute Gasteiger partial charge is 0.394 e. The van der Waals surface area contributed by atoms with Gasteiger partial charge >= 0.3 is 0 Å². The molecule has 2 aromatic rings. The Labute approximate surface area is 148 Å². The lowest BCUT2D eigenvalue weighted by molar-refractivity contribution is -0.0511. The van der Waals surface area contributed by atoms with Crippen LogP contribution in [0.2, 0.25) is 0 Å². The second-order valence-electron chi connectivity index (χ2n) is 5.56. The van der Waals surface area contributed by atoms with Gasteiger partial charge in [-0.3, -0.25) is 4.57 Å². The van der Waals surface area contributed by atoms with Crippen molar-refractivity contribution in [3.8, 4) is 0 Å². The zero-order chi connectivity index (χ0) is 18.0. The third-order valence-corrected chi connectivity index (χ3v) is 4.21. The van der Waals surface area contributed by atoms with Crippen LogP contribution >= 0.6 is 12.2 Å². The number of nitrogens with one attached hydrogen (secondary N) is 2. The van der Waals surface area contributed by atoms with E-state index in [0.29, 0.717) is 30.2 Å². The van der Waals surface area contributed by atoms with Gasteiger partial charge in [0.15, 0.2) is 10.9 Å². The molecule has 2 aromatic heterocycles. The Morgan fingerprint density at radius 2 is 2.20 bits per heavy atom. The standard InChI is InChI=1S/C14H20N6O4S/c15-3-1-2-4-16-14-18-11-8(12(25)19-14)17-6-20(11)13-10(23)9(22)7(5-21)24-13/h1-2,6-7,9-10,13,21-23H,3-5,15H2,(H2,16,18,19,25)/b2-1+/t7-,9-,10-,13-/m1/s1. The first-order valence-electron chi connectivity index (χ1n) is 7.75. The third-order valence-electron chi connectivity index (χ3n) is 3.93. The molecule has 0 aliphatic carbocycles. The van der Waals surface area contributed by atoms with Gasteiger partial charge in [-0.1, -0.05) is 24.4 Å². The molecule has 10 nitrogen and oxygen atoms in total. The average molecular weight is 368 g/mol. The van der Waals surface area contributed by atoms with E-state index in [4.69, 9.17) is 22.7 Å². The molecule has 0 spiro atoms. The summed E-state index contributed by atoms with van der Waals surface area (Å²) in [4.78, 5) is 11.5. The second kappa shape index (κ2) is 7.56. The molecular weight excluding hydrogens is 348 g/mol. The molecule has 1 saturated heterocycles. The molecule has 3 rings (SSSR count). The van der Waals surface area contributed by atoms with Crippen LogP contribution in [-0.4, -0.2) is 72.8 Å². The number of aromatic amines is 1.